The Morgan fingerprint density at radius 1 is 1.04 bits per heavy atom. The SMILES string of the molecule is O=C(CSc1ccncc1)N1C[C@H]2CC[C@@H](C1)N(Cc1ccccc1)C2. The van der Waals surface area contributed by atoms with Gasteiger partial charge in [-0.05, 0) is 36.5 Å². The molecule has 4 nitrogen and oxygen atoms in total. The summed E-state index contributed by atoms with van der Waals surface area (Å²) in [5, 5.41) is 0. The van der Waals surface area contributed by atoms with E-state index in [-0.39, 0.29) is 5.91 Å². The maximum Gasteiger partial charge on any atom is 0.232 e. The van der Waals surface area contributed by atoms with Gasteiger partial charge >= 0.3 is 0 Å². The predicted octanol–water partition coefficient (Wildman–Crippen LogP) is 3.30. The summed E-state index contributed by atoms with van der Waals surface area (Å²) in [5.41, 5.74) is 1.37. The van der Waals surface area contributed by atoms with Crippen LogP contribution in [-0.2, 0) is 11.3 Å². The summed E-state index contributed by atoms with van der Waals surface area (Å²) >= 11 is 1.61. The Bertz CT molecular complexity index is 725. The van der Waals surface area contributed by atoms with Gasteiger partial charge in [0.05, 0.1) is 5.75 Å². The monoisotopic (exact) mass is 367 g/mol. The van der Waals surface area contributed by atoms with Gasteiger partial charge in [-0.15, -0.1) is 11.8 Å². The van der Waals surface area contributed by atoms with Gasteiger partial charge in [-0.25, -0.2) is 0 Å². The maximum absolute atomic E-state index is 12.8. The second-order valence-electron chi connectivity index (χ2n) is 7.28. The number of carbonyl (C=O) groups excluding carboxylic acids is 1. The molecule has 1 amide bonds. The van der Waals surface area contributed by atoms with E-state index in [9.17, 15) is 4.79 Å². The zero-order valence-corrected chi connectivity index (χ0v) is 15.8. The molecule has 2 atom stereocenters. The highest BCUT2D eigenvalue weighted by Gasteiger charge is 2.36. The van der Waals surface area contributed by atoms with Crippen molar-refractivity contribution in [3.05, 3.63) is 60.4 Å². The minimum atomic E-state index is 0.269. The van der Waals surface area contributed by atoms with E-state index >= 15 is 0 Å². The zero-order valence-electron chi connectivity index (χ0n) is 15.0. The second kappa shape index (κ2) is 8.23. The molecule has 2 aromatic rings. The number of hydrogen-bond donors (Lipinski definition) is 0. The normalized spacial score (nSPS) is 23.0. The fourth-order valence-electron chi connectivity index (χ4n) is 4.07. The first kappa shape index (κ1) is 17.6. The number of aromatic nitrogens is 1. The number of hydrogen-bond acceptors (Lipinski definition) is 4. The lowest BCUT2D eigenvalue weighted by Gasteiger charge is -2.36. The Kier molecular flexibility index (Phi) is 5.56. The van der Waals surface area contributed by atoms with Gasteiger partial charge in [0.25, 0.3) is 0 Å². The fourth-order valence-corrected chi connectivity index (χ4v) is 4.85. The van der Waals surface area contributed by atoms with Gasteiger partial charge < -0.3 is 4.90 Å². The van der Waals surface area contributed by atoms with Crippen molar-refractivity contribution in [1.82, 2.24) is 14.8 Å². The Morgan fingerprint density at radius 3 is 2.65 bits per heavy atom. The number of rotatable bonds is 5. The van der Waals surface area contributed by atoms with E-state index in [1.165, 1.54) is 18.4 Å². The molecule has 136 valence electrons. The summed E-state index contributed by atoms with van der Waals surface area (Å²) in [6.45, 7) is 3.90. The molecule has 0 saturated carbocycles. The summed E-state index contributed by atoms with van der Waals surface area (Å²) in [6.07, 6.45) is 6.01. The predicted molar refractivity (Wildman–Crippen MR) is 105 cm³/mol. The number of fused-ring (bicyclic) bond motifs is 4. The van der Waals surface area contributed by atoms with Crippen molar-refractivity contribution in [1.29, 1.82) is 0 Å². The Labute approximate surface area is 159 Å². The van der Waals surface area contributed by atoms with Crippen LogP contribution >= 0.6 is 11.8 Å². The highest BCUT2D eigenvalue weighted by Crippen LogP contribution is 2.30. The van der Waals surface area contributed by atoms with E-state index in [4.69, 9.17) is 0 Å². The van der Waals surface area contributed by atoms with Crippen LogP contribution in [0.3, 0.4) is 0 Å². The van der Waals surface area contributed by atoms with Gasteiger partial charge in [0.1, 0.15) is 0 Å². The molecule has 0 radical (unpaired) electrons. The molecule has 5 heteroatoms. The van der Waals surface area contributed by atoms with Crippen molar-refractivity contribution < 1.29 is 4.79 Å². The van der Waals surface area contributed by atoms with Crippen molar-refractivity contribution >= 4 is 17.7 Å². The molecule has 5 rings (SSSR count). The number of piperidine rings is 1. The number of amides is 1. The molecule has 3 aliphatic rings. The van der Waals surface area contributed by atoms with Crippen LogP contribution in [0.1, 0.15) is 18.4 Å². The van der Waals surface area contributed by atoms with E-state index < -0.39 is 0 Å². The van der Waals surface area contributed by atoms with Crippen molar-refractivity contribution in [2.24, 2.45) is 5.92 Å². The lowest BCUT2D eigenvalue weighted by Crippen LogP contribution is -2.44. The third-order valence-corrected chi connectivity index (χ3v) is 6.42. The van der Waals surface area contributed by atoms with Crippen LogP contribution in [0.5, 0.6) is 0 Å². The largest absolute Gasteiger partial charge is 0.340 e. The minimum absolute atomic E-state index is 0.269. The van der Waals surface area contributed by atoms with Gasteiger partial charge in [0.2, 0.25) is 5.91 Å². The summed E-state index contributed by atoms with van der Waals surface area (Å²) in [7, 11) is 0. The topological polar surface area (TPSA) is 36.4 Å². The first-order chi connectivity index (χ1) is 12.8. The summed E-state index contributed by atoms with van der Waals surface area (Å²) < 4.78 is 0. The van der Waals surface area contributed by atoms with Crippen LogP contribution in [0.2, 0.25) is 0 Å². The summed E-state index contributed by atoms with van der Waals surface area (Å²) in [6, 6.07) is 15.1. The molecule has 1 aromatic heterocycles. The number of pyridine rings is 1. The fraction of sp³-hybridized carbons (Fsp3) is 0.429. The van der Waals surface area contributed by atoms with Gasteiger partial charge in [-0.1, -0.05) is 30.3 Å². The number of carbonyl (C=O) groups is 1. The van der Waals surface area contributed by atoms with Gasteiger partial charge in [-0.3, -0.25) is 14.7 Å². The average molecular weight is 368 g/mol. The summed E-state index contributed by atoms with van der Waals surface area (Å²) in [4.78, 5) is 22.6. The molecule has 4 heterocycles. The van der Waals surface area contributed by atoms with Crippen LogP contribution in [0.15, 0.2) is 59.8 Å². The third kappa shape index (κ3) is 4.27. The second-order valence-corrected chi connectivity index (χ2v) is 8.33. The smallest absolute Gasteiger partial charge is 0.232 e. The quantitative estimate of drug-likeness (QED) is 0.760. The highest BCUT2D eigenvalue weighted by atomic mass is 32.2. The molecule has 26 heavy (non-hydrogen) atoms. The van der Waals surface area contributed by atoms with Crippen LogP contribution < -0.4 is 0 Å². The molecule has 0 aliphatic carbocycles. The van der Waals surface area contributed by atoms with Crippen LogP contribution in [-0.4, -0.2) is 52.1 Å². The van der Waals surface area contributed by atoms with Crippen LogP contribution in [0, 0.1) is 5.92 Å². The highest BCUT2D eigenvalue weighted by molar-refractivity contribution is 8.00. The van der Waals surface area contributed by atoms with Crippen molar-refractivity contribution in [3.63, 3.8) is 0 Å². The van der Waals surface area contributed by atoms with Crippen molar-refractivity contribution in [3.8, 4) is 0 Å². The Balaban J connectivity index is 1.37. The number of thioether (sulfide) groups is 1. The maximum atomic E-state index is 12.8. The first-order valence-electron chi connectivity index (χ1n) is 9.36. The van der Waals surface area contributed by atoms with Gasteiger partial charge in [0, 0.05) is 49.5 Å². The van der Waals surface area contributed by atoms with E-state index in [0.29, 0.717) is 17.7 Å². The van der Waals surface area contributed by atoms with Crippen LogP contribution in [0.4, 0.5) is 0 Å². The van der Waals surface area contributed by atoms with Gasteiger partial charge in [-0.2, -0.15) is 0 Å². The number of nitrogens with zero attached hydrogens (tertiary/aromatic N) is 3. The standard InChI is InChI=1S/C21H25N3OS/c25-21(16-26-20-8-10-22-11-9-20)24-14-18-6-7-19(15-24)23(13-18)12-17-4-2-1-3-5-17/h1-5,8-11,18-19H,6-7,12-16H2/t18-,19-/m0/s1. The van der Waals surface area contributed by atoms with E-state index in [2.05, 4.69) is 45.1 Å². The molecule has 0 N–H and O–H groups in total. The average Bonchev–Trinajstić information content (AvgIpc) is 3.00. The molecule has 1 aromatic carbocycles. The molecule has 3 saturated heterocycles. The Hall–Kier alpha value is -1.85. The molecule has 3 aliphatic heterocycles. The molecule has 3 fully saturated rings. The lowest BCUT2D eigenvalue weighted by molar-refractivity contribution is -0.128. The first-order valence-corrected chi connectivity index (χ1v) is 10.3. The Morgan fingerprint density at radius 2 is 1.85 bits per heavy atom. The minimum Gasteiger partial charge on any atom is -0.340 e. The number of benzene rings is 1. The molecular weight excluding hydrogens is 342 g/mol. The van der Waals surface area contributed by atoms with E-state index in [0.717, 1.165) is 31.1 Å². The van der Waals surface area contributed by atoms with Gasteiger partial charge in [0.15, 0.2) is 0 Å². The van der Waals surface area contributed by atoms with Crippen molar-refractivity contribution in [2.75, 3.05) is 25.4 Å². The molecule has 0 unspecified atom stereocenters. The zero-order chi connectivity index (χ0) is 17.8. The van der Waals surface area contributed by atoms with E-state index in [1.807, 2.05) is 12.1 Å². The molecular formula is C21H25N3OS. The van der Waals surface area contributed by atoms with E-state index in [1.54, 1.807) is 24.2 Å². The molecule has 0 spiro atoms. The lowest BCUT2D eigenvalue weighted by atomic mass is 9.94. The summed E-state index contributed by atoms with van der Waals surface area (Å²) in [5.74, 6) is 1.39. The molecule has 2 bridgehead atoms. The van der Waals surface area contributed by atoms with Crippen LogP contribution in [0.25, 0.3) is 0 Å². The third-order valence-electron chi connectivity index (χ3n) is 5.42. The van der Waals surface area contributed by atoms with Crippen molar-refractivity contribution in [2.45, 2.75) is 30.3 Å².